The van der Waals surface area contributed by atoms with E-state index in [2.05, 4.69) is 15.2 Å². The first kappa shape index (κ1) is 19.5. The van der Waals surface area contributed by atoms with Crippen LogP contribution in [0.25, 0.3) is 10.8 Å². The Morgan fingerprint density at radius 1 is 1.37 bits per heavy atom. The van der Waals surface area contributed by atoms with Gasteiger partial charge >= 0.3 is 0 Å². The number of thiazole rings is 1. The quantitative estimate of drug-likeness (QED) is 0.574. The van der Waals surface area contributed by atoms with E-state index in [0.717, 1.165) is 21.1 Å². The van der Waals surface area contributed by atoms with Crippen LogP contribution in [0.5, 0.6) is 0 Å². The van der Waals surface area contributed by atoms with Crippen molar-refractivity contribution < 1.29 is 13.6 Å². The fraction of sp³-hybridized carbons (Fsp3) is 0.333. The molecule has 0 bridgehead atoms. The molecule has 6 nitrogen and oxygen atoms in total. The molecule has 3 aromatic rings. The van der Waals surface area contributed by atoms with Gasteiger partial charge in [0.05, 0.1) is 16.0 Å². The highest BCUT2D eigenvalue weighted by molar-refractivity contribution is 8.00. The van der Waals surface area contributed by atoms with E-state index in [4.69, 9.17) is 4.42 Å². The van der Waals surface area contributed by atoms with E-state index in [-0.39, 0.29) is 11.7 Å². The van der Waals surface area contributed by atoms with Gasteiger partial charge in [-0.3, -0.25) is 4.79 Å². The van der Waals surface area contributed by atoms with Crippen molar-refractivity contribution in [2.75, 3.05) is 7.05 Å². The minimum absolute atomic E-state index is 0.103. The SMILES string of the molecule is Cc1nc(C)c(-c2nnc(S[C@@H](C)C(=O)N(C)Cc3cccc(F)c3)o2)s1. The number of nitrogens with zero attached hydrogens (tertiary/aromatic N) is 4. The van der Waals surface area contributed by atoms with Crippen molar-refractivity contribution in [2.24, 2.45) is 0 Å². The van der Waals surface area contributed by atoms with Gasteiger partial charge in [-0.05, 0) is 38.5 Å². The molecule has 0 aliphatic heterocycles. The molecule has 0 fully saturated rings. The Balaban J connectivity index is 1.63. The molecule has 27 heavy (non-hydrogen) atoms. The highest BCUT2D eigenvalue weighted by Gasteiger charge is 2.23. The van der Waals surface area contributed by atoms with E-state index in [0.29, 0.717) is 17.7 Å². The van der Waals surface area contributed by atoms with Crippen LogP contribution in [0.1, 0.15) is 23.2 Å². The summed E-state index contributed by atoms with van der Waals surface area (Å²) >= 11 is 2.69. The van der Waals surface area contributed by atoms with Crippen LogP contribution in [-0.4, -0.2) is 38.3 Å². The number of thioether (sulfide) groups is 1. The van der Waals surface area contributed by atoms with Crippen LogP contribution in [0.2, 0.25) is 0 Å². The highest BCUT2D eigenvalue weighted by Crippen LogP contribution is 2.31. The molecule has 0 aliphatic rings. The number of rotatable bonds is 6. The molecule has 2 heterocycles. The summed E-state index contributed by atoms with van der Waals surface area (Å²) in [5.74, 6) is -0.00931. The predicted octanol–water partition coefficient (Wildman–Crippen LogP) is 4.09. The topological polar surface area (TPSA) is 72.1 Å². The number of carbonyl (C=O) groups is 1. The van der Waals surface area contributed by atoms with Crippen LogP contribution in [0.15, 0.2) is 33.9 Å². The Kier molecular flexibility index (Phi) is 5.91. The Bertz CT molecular complexity index is 956. The fourth-order valence-corrected chi connectivity index (χ4v) is 4.22. The highest BCUT2D eigenvalue weighted by atomic mass is 32.2. The molecule has 0 unspecified atom stereocenters. The summed E-state index contributed by atoms with van der Waals surface area (Å²) in [5, 5.41) is 8.93. The lowest BCUT2D eigenvalue weighted by atomic mass is 10.2. The lowest BCUT2D eigenvalue weighted by Gasteiger charge is -2.20. The van der Waals surface area contributed by atoms with Crippen molar-refractivity contribution in [1.29, 1.82) is 0 Å². The Morgan fingerprint density at radius 2 is 2.15 bits per heavy atom. The third-order valence-corrected chi connectivity index (χ3v) is 5.80. The second-order valence-electron chi connectivity index (χ2n) is 6.10. The van der Waals surface area contributed by atoms with Crippen molar-refractivity contribution in [2.45, 2.75) is 37.8 Å². The minimum Gasteiger partial charge on any atom is -0.410 e. The number of carbonyl (C=O) groups excluding carboxylic acids is 1. The van der Waals surface area contributed by atoms with Gasteiger partial charge in [0.15, 0.2) is 0 Å². The largest absolute Gasteiger partial charge is 0.410 e. The van der Waals surface area contributed by atoms with Gasteiger partial charge in [-0.2, -0.15) is 0 Å². The first-order valence-electron chi connectivity index (χ1n) is 8.27. The first-order valence-corrected chi connectivity index (χ1v) is 9.97. The number of aryl methyl sites for hydroxylation is 2. The van der Waals surface area contributed by atoms with Crippen LogP contribution >= 0.6 is 23.1 Å². The molecule has 3 rings (SSSR count). The van der Waals surface area contributed by atoms with E-state index in [9.17, 15) is 9.18 Å². The zero-order chi connectivity index (χ0) is 19.6. The molecule has 2 aromatic heterocycles. The summed E-state index contributed by atoms with van der Waals surface area (Å²) in [7, 11) is 1.69. The van der Waals surface area contributed by atoms with Crippen molar-refractivity contribution in [1.82, 2.24) is 20.1 Å². The van der Waals surface area contributed by atoms with E-state index in [1.807, 2.05) is 13.8 Å². The predicted molar refractivity (Wildman–Crippen MR) is 103 cm³/mol. The van der Waals surface area contributed by atoms with Gasteiger partial charge in [0.1, 0.15) is 10.7 Å². The standard InChI is InChI=1S/C18H19FN4O2S2/c1-10-15(27-12(3)20-10)16-21-22-18(25-16)26-11(2)17(24)23(4)9-13-6-5-7-14(19)8-13/h5-8,11H,9H2,1-4H3/t11-/m0/s1. The Morgan fingerprint density at radius 3 is 2.81 bits per heavy atom. The zero-order valence-electron chi connectivity index (χ0n) is 15.4. The third kappa shape index (κ3) is 4.72. The Hall–Kier alpha value is -2.26. The van der Waals surface area contributed by atoms with Crippen LogP contribution in [0.4, 0.5) is 4.39 Å². The fourth-order valence-electron chi connectivity index (χ4n) is 2.58. The van der Waals surface area contributed by atoms with Gasteiger partial charge in [0.2, 0.25) is 5.91 Å². The molecule has 1 aromatic carbocycles. The number of aromatic nitrogens is 3. The lowest BCUT2D eigenvalue weighted by molar-refractivity contribution is -0.129. The lowest BCUT2D eigenvalue weighted by Crippen LogP contribution is -2.32. The molecule has 0 saturated heterocycles. The second kappa shape index (κ2) is 8.18. The number of benzene rings is 1. The molecule has 9 heteroatoms. The molecule has 0 N–H and O–H groups in total. The van der Waals surface area contributed by atoms with Crippen LogP contribution in [0.3, 0.4) is 0 Å². The zero-order valence-corrected chi connectivity index (χ0v) is 17.0. The van der Waals surface area contributed by atoms with Crippen molar-refractivity contribution in [3.63, 3.8) is 0 Å². The summed E-state index contributed by atoms with van der Waals surface area (Å²) < 4.78 is 19.0. The molecule has 0 saturated carbocycles. The maximum absolute atomic E-state index is 13.3. The maximum atomic E-state index is 13.3. The van der Waals surface area contributed by atoms with Crippen LogP contribution in [-0.2, 0) is 11.3 Å². The van der Waals surface area contributed by atoms with Gasteiger partial charge in [-0.25, -0.2) is 9.37 Å². The van der Waals surface area contributed by atoms with Crippen molar-refractivity contribution in [3.8, 4) is 10.8 Å². The number of halogens is 1. The molecule has 0 spiro atoms. The number of hydrogen-bond acceptors (Lipinski definition) is 7. The molecule has 142 valence electrons. The van der Waals surface area contributed by atoms with Gasteiger partial charge in [-0.15, -0.1) is 21.5 Å². The van der Waals surface area contributed by atoms with Crippen molar-refractivity contribution in [3.05, 3.63) is 46.3 Å². The van der Waals surface area contributed by atoms with E-state index >= 15 is 0 Å². The molecule has 1 amide bonds. The summed E-state index contributed by atoms with van der Waals surface area (Å²) in [5.41, 5.74) is 1.58. The minimum atomic E-state index is -0.416. The van der Waals surface area contributed by atoms with Crippen LogP contribution in [0, 0.1) is 19.7 Å². The summed E-state index contributed by atoms with van der Waals surface area (Å²) in [6, 6.07) is 6.22. The smallest absolute Gasteiger partial charge is 0.277 e. The normalized spacial score (nSPS) is 12.2. The summed E-state index contributed by atoms with van der Waals surface area (Å²) in [6.07, 6.45) is 0. The Labute approximate surface area is 164 Å². The van der Waals surface area contributed by atoms with Gasteiger partial charge in [-0.1, -0.05) is 23.9 Å². The van der Waals surface area contributed by atoms with Crippen molar-refractivity contribution >= 4 is 29.0 Å². The van der Waals surface area contributed by atoms with E-state index < -0.39 is 5.25 Å². The summed E-state index contributed by atoms with van der Waals surface area (Å²) in [4.78, 5) is 19.3. The molecular formula is C18H19FN4O2S2. The number of hydrogen-bond donors (Lipinski definition) is 0. The first-order chi connectivity index (χ1) is 12.8. The van der Waals surface area contributed by atoms with Gasteiger partial charge in [0, 0.05) is 13.6 Å². The average molecular weight is 407 g/mol. The molecule has 1 atom stereocenters. The molecule has 0 radical (unpaired) electrons. The van der Waals surface area contributed by atoms with Gasteiger partial charge in [0.25, 0.3) is 11.1 Å². The van der Waals surface area contributed by atoms with Crippen LogP contribution < -0.4 is 0 Å². The third-order valence-electron chi connectivity index (χ3n) is 3.81. The molecular weight excluding hydrogens is 387 g/mol. The number of amides is 1. The maximum Gasteiger partial charge on any atom is 0.277 e. The molecule has 0 aliphatic carbocycles. The summed E-state index contributed by atoms with van der Waals surface area (Å²) in [6.45, 7) is 5.92. The van der Waals surface area contributed by atoms with E-state index in [1.54, 1.807) is 31.0 Å². The van der Waals surface area contributed by atoms with Gasteiger partial charge < -0.3 is 9.32 Å². The average Bonchev–Trinajstić information content (AvgIpc) is 3.19. The monoisotopic (exact) mass is 406 g/mol. The second-order valence-corrected chi connectivity index (χ2v) is 8.60. The van der Waals surface area contributed by atoms with E-state index in [1.165, 1.54) is 35.2 Å².